The number of ether oxygens (including phenoxy) is 1. The molecule has 0 fully saturated rings. The summed E-state index contributed by atoms with van der Waals surface area (Å²) in [6, 6.07) is 12.1. The van der Waals surface area contributed by atoms with Crippen molar-refractivity contribution in [2.75, 3.05) is 19.0 Å². The zero-order valence-electron chi connectivity index (χ0n) is 11.6. The Kier molecular flexibility index (Phi) is 4.58. The van der Waals surface area contributed by atoms with E-state index >= 15 is 0 Å². The number of anilines is 1. The van der Waals surface area contributed by atoms with Gasteiger partial charge in [-0.05, 0) is 36.8 Å². The molecule has 1 atom stereocenters. The third kappa shape index (κ3) is 3.27. The lowest BCUT2D eigenvalue weighted by Gasteiger charge is -2.15. The largest absolute Gasteiger partial charge is 0.497 e. The molecule has 0 saturated carbocycles. The van der Waals surface area contributed by atoms with Crippen LogP contribution in [0.1, 0.15) is 17.2 Å². The first-order valence-corrected chi connectivity index (χ1v) is 6.43. The fourth-order valence-electron chi connectivity index (χ4n) is 1.97. The summed E-state index contributed by atoms with van der Waals surface area (Å²) in [4.78, 5) is 0. The minimum absolute atomic E-state index is 0.258. The molecule has 0 aliphatic rings. The molecule has 0 radical (unpaired) electrons. The first-order chi connectivity index (χ1) is 9.61. The smallest absolute Gasteiger partial charge is 0.128 e. The van der Waals surface area contributed by atoms with Crippen molar-refractivity contribution in [3.8, 4) is 5.75 Å². The standard InChI is InChI=1S/C16H18FNO2/c1-11-14(17)7-4-8-15(11)18-10-16(19)12-5-3-6-13(9-12)20-2/h3-9,16,18-19H,10H2,1-2H3. The van der Waals surface area contributed by atoms with E-state index in [0.29, 0.717) is 23.5 Å². The van der Waals surface area contributed by atoms with E-state index in [1.54, 1.807) is 32.2 Å². The normalized spacial score (nSPS) is 12.0. The minimum Gasteiger partial charge on any atom is -0.497 e. The van der Waals surface area contributed by atoms with E-state index in [2.05, 4.69) is 5.32 Å². The molecule has 4 heteroatoms. The van der Waals surface area contributed by atoms with Crippen LogP contribution in [0.3, 0.4) is 0 Å². The lowest BCUT2D eigenvalue weighted by atomic mass is 10.1. The molecule has 0 aliphatic carbocycles. The molecule has 20 heavy (non-hydrogen) atoms. The van der Waals surface area contributed by atoms with E-state index in [1.807, 2.05) is 18.2 Å². The predicted octanol–water partition coefficient (Wildman–Crippen LogP) is 3.29. The molecular formula is C16H18FNO2. The van der Waals surface area contributed by atoms with Gasteiger partial charge in [0.15, 0.2) is 0 Å². The fraction of sp³-hybridized carbons (Fsp3) is 0.250. The zero-order chi connectivity index (χ0) is 14.5. The van der Waals surface area contributed by atoms with Crippen molar-refractivity contribution in [3.05, 3.63) is 59.4 Å². The molecule has 0 saturated heterocycles. The maximum absolute atomic E-state index is 13.4. The summed E-state index contributed by atoms with van der Waals surface area (Å²) < 4.78 is 18.5. The summed E-state index contributed by atoms with van der Waals surface area (Å²) in [7, 11) is 1.58. The van der Waals surface area contributed by atoms with E-state index in [-0.39, 0.29) is 5.82 Å². The van der Waals surface area contributed by atoms with Crippen LogP contribution in [0.2, 0.25) is 0 Å². The van der Waals surface area contributed by atoms with Gasteiger partial charge in [-0.15, -0.1) is 0 Å². The molecule has 2 aromatic carbocycles. The second-order valence-electron chi connectivity index (χ2n) is 4.59. The summed E-state index contributed by atoms with van der Waals surface area (Å²) in [5.74, 6) is 0.439. The first kappa shape index (κ1) is 14.3. The van der Waals surface area contributed by atoms with Gasteiger partial charge in [0.25, 0.3) is 0 Å². The third-order valence-electron chi connectivity index (χ3n) is 3.23. The van der Waals surface area contributed by atoms with Crippen LogP contribution in [0.5, 0.6) is 5.75 Å². The number of hydrogen-bond acceptors (Lipinski definition) is 3. The molecule has 0 aromatic heterocycles. The summed E-state index contributed by atoms with van der Waals surface area (Å²) in [6.07, 6.45) is -0.687. The lowest BCUT2D eigenvalue weighted by molar-refractivity contribution is 0.191. The van der Waals surface area contributed by atoms with Gasteiger partial charge < -0.3 is 15.2 Å². The Hall–Kier alpha value is -2.07. The molecule has 0 heterocycles. The van der Waals surface area contributed by atoms with E-state index < -0.39 is 6.10 Å². The van der Waals surface area contributed by atoms with Crippen LogP contribution in [0.4, 0.5) is 10.1 Å². The van der Waals surface area contributed by atoms with Crippen molar-refractivity contribution >= 4 is 5.69 Å². The monoisotopic (exact) mass is 275 g/mol. The molecular weight excluding hydrogens is 257 g/mol. The average Bonchev–Trinajstić information content (AvgIpc) is 2.48. The van der Waals surface area contributed by atoms with Crippen LogP contribution >= 0.6 is 0 Å². The molecule has 2 rings (SSSR count). The summed E-state index contributed by atoms with van der Waals surface area (Å²) in [5, 5.41) is 13.2. The van der Waals surface area contributed by atoms with Crippen LogP contribution < -0.4 is 10.1 Å². The topological polar surface area (TPSA) is 41.5 Å². The maximum atomic E-state index is 13.4. The van der Waals surface area contributed by atoms with E-state index in [0.717, 1.165) is 5.56 Å². The Bertz CT molecular complexity index is 586. The van der Waals surface area contributed by atoms with E-state index in [9.17, 15) is 9.50 Å². The van der Waals surface area contributed by atoms with Crippen molar-refractivity contribution in [2.24, 2.45) is 0 Å². The Morgan fingerprint density at radius 1 is 1.25 bits per heavy atom. The second kappa shape index (κ2) is 6.39. The highest BCUT2D eigenvalue weighted by atomic mass is 19.1. The van der Waals surface area contributed by atoms with Gasteiger partial charge in [0.1, 0.15) is 11.6 Å². The Labute approximate surface area is 118 Å². The quantitative estimate of drug-likeness (QED) is 0.879. The molecule has 0 bridgehead atoms. The van der Waals surface area contributed by atoms with Crippen LogP contribution in [0.25, 0.3) is 0 Å². The molecule has 0 spiro atoms. The average molecular weight is 275 g/mol. The fourth-order valence-corrected chi connectivity index (χ4v) is 1.97. The molecule has 2 aromatic rings. The van der Waals surface area contributed by atoms with Gasteiger partial charge in [-0.2, -0.15) is 0 Å². The first-order valence-electron chi connectivity index (χ1n) is 6.43. The van der Waals surface area contributed by atoms with Crippen molar-refractivity contribution in [2.45, 2.75) is 13.0 Å². The third-order valence-corrected chi connectivity index (χ3v) is 3.23. The Balaban J connectivity index is 2.04. The number of aliphatic hydroxyl groups is 1. The zero-order valence-corrected chi connectivity index (χ0v) is 11.6. The number of hydrogen-bond donors (Lipinski definition) is 2. The summed E-state index contributed by atoms with van der Waals surface area (Å²) in [5.41, 5.74) is 1.99. The van der Waals surface area contributed by atoms with Gasteiger partial charge in [-0.3, -0.25) is 0 Å². The molecule has 3 nitrogen and oxygen atoms in total. The minimum atomic E-state index is -0.687. The Morgan fingerprint density at radius 2 is 2.00 bits per heavy atom. The van der Waals surface area contributed by atoms with Gasteiger partial charge in [-0.25, -0.2) is 4.39 Å². The summed E-state index contributed by atoms with van der Waals surface area (Å²) >= 11 is 0. The molecule has 0 aliphatic heterocycles. The van der Waals surface area contributed by atoms with Crippen molar-refractivity contribution in [3.63, 3.8) is 0 Å². The van der Waals surface area contributed by atoms with Crippen molar-refractivity contribution in [1.82, 2.24) is 0 Å². The number of rotatable bonds is 5. The number of benzene rings is 2. The number of halogens is 1. The molecule has 0 amide bonds. The van der Waals surface area contributed by atoms with Crippen LogP contribution in [-0.2, 0) is 0 Å². The summed E-state index contributed by atoms with van der Waals surface area (Å²) in [6.45, 7) is 2.01. The highest BCUT2D eigenvalue weighted by Crippen LogP contribution is 2.21. The van der Waals surface area contributed by atoms with Gasteiger partial charge in [0.2, 0.25) is 0 Å². The number of nitrogens with one attached hydrogen (secondary N) is 1. The highest BCUT2D eigenvalue weighted by Gasteiger charge is 2.10. The lowest BCUT2D eigenvalue weighted by Crippen LogP contribution is -2.13. The Morgan fingerprint density at radius 3 is 2.75 bits per heavy atom. The molecule has 106 valence electrons. The maximum Gasteiger partial charge on any atom is 0.128 e. The van der Waals surface area contributed by atoms with Crippen molar-refractivity contribution in [1.29, 1.82) is 0 Å². The second-order valence-corrected chi connectivity index (χ2v) is 4.59. The van der Waals surface area contributed by atoms with Gasteiger partial charge in [-0.1, -0.05) is 18.2 Å². The highest BCUT2D eigenvalue weighted by molar-refractivity contribution is 5.51. The molecule has 2 N–H and O–H groups in total. The van der Waals surface area contributed by atoms with Crippen LogP contribution in [-0.4, -0.2) is 18.8 Å². The number of methoxy groups -OCH3 is 1. The van der Waals surface area contributed by atoms with Crippen LogP contribution in [0.15, 0.2) is 42.5 Å². The van der Waals surface area contributed by atoms with Crippen LogP contribution in [0, 0.1) is 12.7 Å². The number of aliphatic hydroxyl groups excluding tert-OH is 1. The van der Waals surface area contributed by atoms with Gasteiger partial charge >= 0.3 is 0 Å². The van der Waals surface area contributed by atoms with E-state index in [4.69, 9.17) is 4.74 Å². The van der Waals surface area contributed by atoms with Gasteiger partial charge in [0, 0.05) is 17.8 Å². The predicted molar refractivity (Wildman–Crippen MR) is 77.6 cm³/mol. The van der Waals surface area contributed by atoms with Gasteiger partial charge in [0.05, 0.1) is 13.2 Å². The SMILES string of the molecule is COc1cccc(C(O)CNc2cccc(F)c2C)c1. The van der Waals surface area contributed by atoms with Crippen molar-refractivity contribution < 1.29 is 14.2 Å². The molecule has 1 unspecified atom stereocenters. The van der Waals surface area contributed by atoms with E-state index in [1.165, 1.54) is 6.07 Å².